The minimum atomic E-state index is -1.03. The van der Waals surface area contributed by atoms with Crippen molar-refractivity contribution in [2.75, 3.05) is 6.61 Å². The van der Waals surface area contributed by atoms with Crippen molar-refractivity contribution in [2.24, 2.45) is 5.92 Å². The van der Waals surface area contributed by atoms with Crippen LogP contribution in [0.5, 0.6) is 0 Å². The van der Waals surface area contributed by atoms with Crippen molar-refractivity contribution in [2.45, 2.75) is 32.4 Å². The molecule has 0 fully saturated rings. The largest absolute Gasteiger partial charge is 0.394 e. The number of hydrogen-bond acceptors (Lipinski definition) is 3. The molecule has 100 valence electrons. The first kappa shape index (κ1) is 14.7. The number of aliphatic hydroxyl groups excluding tert-OH is 2. The van der Waals surface area contributed by atoms with Crippen molar-refractivity contribution in [1.82, 2.24) is 5.32 Å². The zero-order valence-corrected chi connectivity index (χ0v) is 10.8. The number of hydrogen-bond donors (Lipinski definition) is 3. The van der Waals surface area contributed by atoms with Gasteiger partial charge < -0.3 is 15.5 Å². The monoisotopic (exact) mass is 251 g/mol. The number of carbonyl (C=O) groups is 1. The van der Waals surface area contributed by atoms with Crippen LogP contribution in [0.2, 0.25) is 0 Å². The van der Waals surface area contributed by atoms with Gasteiger partial charge in [-0.25, -0.2) is 0 Å². The van der Waals surface area contributed by atoms with Crippen LogP contribution in [0, 0.1) is 5.92 Å². The fourth-order valence-electron chi connectivity index (χ4n) is 1.74. The molecule has 1 aromatic carbocycles. The van der Waals surface area contributed by atoms with Gasteiger partial charge in [0, 0.05) is 0 Å². The van der Waals surface area contributed by atoms with Crippen LogP contribution >= 0.6 is 0 Å². The van der Waals surface area contributed by atoms with Gasteiger partial charge in [-0.1, -0.05) is 44.2 Å². The number of aliphatic hydroxyl groups is 2. The highest BCUT2D eigenvalue weighted by Gasteiger charge is 2.20. The molecular weight excluding hydrogens is 230 g/mol. The maximum absolute atomic E-state index is 11.7. The quantitative estimate of drug-likeness (QED) is 0.712. The van der Waals surface area contributed by atoms with Gasteiger partial charge in [-0.05, 0) is 17.9 Å². The summed E-state index contributed by atoms with van der Waals surface area (Å²) < 4.78 is 0. The Balaban J connectivity index is 2.61. The molecule has 18 heavy (non-hydrogen) atoms. The molecule has 1 aromatic rings. The van der Waals surface area contributed by atoms with E-state index in [1.165, 1.54) is 0 Å². The minimum absolute atomic E-state index is 0.190. The first-order chi connectivity index (χ1) is 8.54. The summed E-state index contributed by atoms with van der Waals surface area (Å²) in [5, 5.41) is 21.6. The van der Waals surface area contributed by atoms with Gasteiger partial charge in [0.05, 0.1) is 12.6 Å². The van der Waals surface area contributed by atoms with Gasteiger partial charge in [0.15, 0.2) is 0 Å². The zero-order valence-electron chi connectivity index (χ0n) is 10.8. The molecule has 1 rings (SSSR count). The molecule has 0 heterocycles. The lowest BCUT2D eigenvalue weighted by Gasteiger charge is -2.19. The molecule has 3 N–H and O–H groups in total. The molecule has 0 radical (unpaired) electrons. The van der Waals surface area contributed by atoms with E-state index in [-0.39, 0.29) is 12.5 Å². The minimum Gasteiger partial charge on any atom is -0.394 e. The fourth-order valence-corrected chi connectivity index (χ4v) is 1.74. The van der Waals surface area contributed by atoms with Crippen molar-refractivity contribution < 1.29 is 15.0 Å². The third kappa shape index (κ3) is 4.47. The molecule has 0 aromatic heterocycles. The lowest BCUT2D eigenvalue weighted by Crippen LogP contribution is -2.39. The summed E-state index contributed by atoms with van der Waals surface area (Å²) in [7, 11) is 0. The van der Waals surface area contributed by atoms with Crippen LogP contribution in [0.15, 0.2) is 30.3 Å². The molecular formula is C14H21NO3. The molecule has 0 spiro atoms. The first-order valence-electron chi connectivity index (χ1n) is 6.18. The molecule has 0 unspecified atom stereocenters. The summed E-state index contributed by atoms with van der Waals surface area (Å²) in [6.45, 7) is 3.69. The Hall–Kier alpha value is -1.39. The highest BCUT2D eigenvalue weighted by Crippen LogP contribution is 2.13. The Kier molecular flexibility index (Phi) is 5.82. The highest BCUT2D eigenvalue weighted by molar-refractivity contribution is 5.80. The molecule has 0 bridgehead atoms. The highest BCUT2D eigenvalue weighted by atomic mass is 16.3. The summed E-state index contributed by atoms with van der Waals surface area (Å²) in [5.74, 6) is -0.193. The van der Waals surface area contributed by atoms with Crippen molar-refractivity contribution in [1.29, 1.82) is 0 Å². The molecule has 0 aliphatic heterocycles. The van der Waals surface area contributed by atoms with E-state index in [1.54, 1.807) is 0 Å². The Bertz CT molecular complexity index is 365. The molecule has 1 amide bonds. The van der Waals surface area contributed by atoms with Gasteiger partial charge in [-0.2, -0.15) is 0 Å². The number of rotatable bonds is 6. The molecule has 2 atom stereocenters. The third-order valence-electron chi connectivity index (χ3n) is 2.70. The Morgan fingerprint density at radius 2 is 1.89 bits per heavy atom. The third-order valence-corrected chi connectivity index (χ3v) is 2.70. The van der Waals surface area contributed by atoms with Crippen LogP contribution in [0.3, 0.4) is 0 Å². The second-order valence-corrected chi connectivity index (χ2v) is 4.80. The number of nitrogens with one attached hydrogen (secondary N) is 1. The number of carbonyl (C=O) groups excluding carboxylic acids is 1. The van der Waals surface area contributed by atoms with Crippen LogP contribution in [-0.2, 0) is 4.79 Å². The second-order valence-electron chi connectivity index (χ2n) is 4.80. The van der Waals surface area contributed by atoms with Gasteiger partial charge in [0.1, 0.15) is 6.10 Å². The first-order valence-corrected chi connectivity index (χ1v) is 6.18. The molecule has 0 aliphatic rings. The van der Waals surface area contributed by atoms with Crippen molar-refractivity contribution >= 4 is 5.91 Å². The standard InChI is InChI=1S/C14H21NO3/c1-10(2)8-13(17)14(18)15-12(9-16)11-6-4-3-5-7-11/h3-7,10,12-13,16-17H,8-9H2,1-2H3,(H,15,18)/t12-,13+/m1/s1. The predicted molar refractivity (Wildman–Crippen MR) is 69.9 cm³/mol. The molecule has 4 heteroatoms. The zero-order chi connectivity index (χ0) is 13.5. The molecule has 0 saturated carbocycles. The topological polar surface area (TPSA) is 69.6 Å². The van der Waals surface area contributed by atoms with Crippen LogP contribution < -0.4 is 5.32 Å². The summed E-state index contributed by atoms with van der Waals surface area (Å²) in [5.41, 5.74) is 0.824. The van der Waals surface area contributed by atoms with Crippen LogP contribution in [0.1, 0.15) is 31.9 Å². The lowest BCUT2D eigenvalue weighted by atomic mass is 10.0. The summed E-state index contributed by atoms with van der Waals surface area (Å²) >= 11 is 0. The fraction of sp³-hybridized carbons (Fsp3) is 0.500. The van der Waals surface area contributed by atoms with E-state index in [2.05, 4.69) is 5.32 Å². The van der Waals surface area contributed by atoms with Gasteiger partial charge >= 0.3 is 0 Å². The summed E-state index contributed by atoms with van der Waals surface area (Å²) in [6, 6.07) is 8.74. The van der Waals surface area contributed by atoms with E-state index < -0.39 is 18.1 Å². The van der Waals surface area contributed by atoms with E-state index in [9.17, 15) is 15.0 Å². The van der Waals surface area contributed by atoms with Crippen molar-refractivity contribution in [3.05, 3.63) is 35.9 Å². The normalized spacial score (nSPS) is 14.3. The Morgan fingerprint density at radius 1 is 1.28 bits per heavy atom. The molecule has 4 nitrogen and oxygen atoms in total. The van der Waals surface area contributed by atoms with E-state index in [0.29, 0.717) is 6.42 Å². The Labute approximate surface area is 108 Å². The number of benzene rings is 1. The van der Waals surface area contributed by atoms with Crippen LogP contribution in [-0.4, -0.2) is 28.8 Å². The van der Waals surface area contributed by atoms with E-state index >= 15 is 0 Å². The van der Waals surface area contributed by atoms with E-state index in [1.807, 2.05) is 44.2 Å². The molecule has 0 saturated heterocycles. The van der Waals surface area contributed by atoms with E-state index in [4.69, 9.17) is 0 Å². The van der Waals surface area contributed by atoms with Gasteiger partial charge in [0.25, 0.3) is 0 Å². The van der Waals surface area contributed by atoms with Crippen LogP contribution in [0.25, 0.3) is 0 Å². The average Bonchev–Trinajstić information content (AvgIpc) is 2.35. The summed E-state index contributed by atoms with van der Waals surface area (Å²) in [4.78, 5) is 11.7. The van der Waals surface area contributed by atoms with Gasteiger partial charge in [0.2, 0.25) is 5.91 Å². The van der Waals surface area contributed by atoms with Crippen molar-refractivity contribution in [3.63, 3.8) is 0 Å². The van der Waals surface area contributed by atoms with Crippen molar-refractivity contribution in [3.8, 4) is 0 Å². The smallest absolute Gasteiger partial charge is 0.249 e. The number of amides is 1. The second kappa shape index (κ2) is 7.13. The average molecular weight is 251 g/mol. The maximum Gasteiger partial charge on any atom is 0.249 e. The molecule has 0 aliphatic carbocycles. The Morgan fingerprint density at radius 3 is 2.39 bits per heavy atom. The van der Waals surface area contributed by atoms with E-state index in [0.717, 1.165) is 5.56 Å². The predicted octanol–water partition coefficient (Wildman–Crippen LogP) is 1.24. The maximum atomic E-state index is 11.7. The van der Waals surface area contributed by atoms with Crippen LogP contribution in [0.4, 0.5) is 0 Å². The van der Waals surface area contributed by atoms with Gasteiger partial charge in [-0.3, -0.25) is 4.79 Å². The SMILES string of the molecule is CC(C)C[C@H](O)C(=O)N[C@H](CO)c1ccccc1. The summed E-state index contributed by atoms with van der Waals surface area (Å²) in [6.07, 6.45) is -0.610. The lowest BCUT2D eigenvalue weighted by molar-refractivity contribution is -0.131. The van der Waals surface area contributed by atoms with Gasteiger partial charge in [-0.15, -0.1) is 0 Å².